The molecule has 6 nitrogen and oxygen atoms in total. The van der Waals surface area contributed by atoms with E-state index in [0.29, 0.717) is 11.5 Å². The molecule has 0 aliphatic heterocycles. The molecular formula is C17H27N3O3. The second-order valence-corrected chi connectivity index (χ2v) is 6.41. The lowest BCUT2D eigenvalue weighted by Crippen LogP contribution is -2.37. The van der Waals surface area contributed by atoms with Crippen LogP contribution in [-0.2, 0) is 18.9 Å². The summed E-state index contributed by atoms with van der Waals surface area (Å²) < 4.78 is 2.33. The van der Waals surface area contributed by atoms with Gasteiger partial charge in [-0.1, -0.05) is 26.7 Å². The lowest BCUT2D eigenvalue weighted by Gasteiger charge is -2.13. The van der Waals surface area contributed by atoms with Crippen molar-refractivity contribution in [1.29, 1.82) is 0 Å². The van der Waals surface area contributed by atoms with Crippen LogP contribution in [0.1, 0.15) is 45.6 Å². The number of hydrogen-bond donors (Lipinski definition) is 1. The highest BCUT2D eigenvalue weighted by Crippen LogP contribution is 2.08. The monoisotopic (exact) mass is 321 g/mol. The van der Waals surface area contributed by atoms with E-state index in [4.69, 9.17) is 0 Å². The third-order valence-corrected chi connectivity index (χ3v) is 3.69. The standard InChI is InChI=1S/C17H27N3O3/c1-12(2)7-6-8-13(3)18-15(21)10-9-14-11-19(4)17(23)20(5)16(14)22/h9-13H,6-8H2,1-5H3,(H,18,21)/b10-9+. The predicted molar refractivity (Wildman–Crippen MR) is 92.3 cm³/mol. The Hall–Kier alpha value is -2.11. The molecule has 1 rings (SSSR count). The molecule has 6 heteroatoms. The summed E-state index contributed by atoms with van der Waals surface area (Å²) >= 11 is 0. The van der Waals surface area contributed by atoms with Crippen LogP contribution in [0.5, 0.6) is 0 Å². The molecule has 1 amide bonds. The Balaban J connectivity index is 2.66. The highest BCUT2D eigenvalue weighted by Gasteiger charge is 2.07. The van der Waals surface area contributed by atoms with Crippen LogP contribution in [0.15, 0.2) is 21.9 Å². The maximum absolute atomic E-state index is 11.9. The van der Waals surface area contributed by atoms with Gasteiger partial charge in [0.2, 0.25) is 5.91 Å². The van der Waals surface area contributed by atoms with Gasteiger partial charge in [-0.25, -0.2) is 4.79 Å². The van der Waals surface area contributed by atoms with Gasteiger partial charge in [0.1, 0.15) is 0 Å². The molecule has 1 aromatic rings. The van der Waals surface area contributed by atoms with Crippen molar-refractivity contribution < 1.29 is 4.79 Å². The van der Waals surface area contributed by atoms with Crippen LogP contribution in [0.25, 0.3) is 6.08 Å². The first-order chi connectivity index (χ1) is 10.7. The Labute approximate surface area is 136 Å². The SMILES string of the molecule is CC(C)CCCC(C)NC(=O)/C=C/c1cn(C)c(=O)n(C)c1=O. The Morgan fingerprint density at radius 3 is 2.48 bits per heavy atom. The number of carbonyl (C=O) groups is 1. The van der Waals surface area contributed by atoms with Crippen LogP contribution in [0.3, 0.4) is 0 Å². The minimum atomic E-state index is -0.415. The Kier molecular flexibility index (Phi) is 7.00. The molecule has 1 heterocycles. The summed E-state index contributed by atoms with van der Waals surface area (Å²) in [7, 11) is 2.98. The van der Waals surface area contributed by atoms with Gasteiger partial charge in [-0.15, -0.1) is 0 Å². The van der Waals surface area contributed by atoms with Gasteiger partial charge in [0.25, 0.3) is 5.56 Å². The third kappa shape index (κ3) is 5.88. The summed E-state index contributed by atoms with van der Waals surface area (Å²) in [5.41, 5.74) is -0.505. The number of aryl methyl sites for hydroxylation is 1. The molecule has 0 radical (unpaired) electrons. The number of nitrogens with zero attached hydrogens (tertiary/aromatic N) is 2. The fourth-order valence-electron chi connectivity index (χ4n) is 2.31. The molecule has 0 saturated carbocycles. The van der Waals surface area contributed by atoms with Crippen LogP contribution in [-0.4, -0.2) is 21.1 Å². The van der Waals surface area contributed by atoms with Crippen LogP contribution < -0.4 is 16.6 Å². The number of amides is 1. The molecule has 0 bridgehead atoms. The molecular weight excluding hydrogens is 294 g/mol. The molecule has 1 atom stereocenters. The molecule has 0 fully saturated rings. The molecule has 0 spiro atoms. The van der Waals surface area contributed by atoms with Gasteiger partial charge < -0.3 is 9.88 Å². The van der Waals surface area contributed by atoms with Crippen molar-refractivity contribution in [2.45, 2.75) is 46.1 Å². The number of nitrogens with one attached hydrogen (secondary N) is 1. The van der Waals surface area contributed by atoms with Gasteiger partial charge in [-0.05, 0) is 25.3 Å². The quantitative estimate of drug-likeness (QED) is 0.772. The largest absolute Gasteiger partial charge is 0.350 e. The second-order valence-electron chi connectivity index (χ2n) is 6.41. The van der Waals surface area contributed by atoms with Crippen LogP contribution in [0.4, 0.5) is 0 Å². The van der Waals surface area contributed by atoms with E-state index in [9.17, 15) is 14.4 Å². The van der Waals surface area contributed by atoms with Gasteiger partial charge in [0.05, 0.1) is 5.56 Å². The molecule has 23 heavy (non-hydrogen) atoms. The zero-order chi connectivity index (χ0) is 17.6. The number of rotatable bonds is 7. The van der Waals surface area contributed by atoms with Crippen molar-refractivity contribution in [2.75, 3.05) is 0 Å². The fraction of sp³-hybridized carbons (Fsp3) is 0.588. The number of aromatic nitrogens is 2. The summed E-state index contributed by atoms with van der Waals surface area (Å²) in [6.07, 6.45) is 7.35. The molecule has 0 aliphatic rings. The highest BCUT2D eigenvalue weighted by atomic mass is 16.2. The maximum Gasteiger partial charge on any atom is 0.330 e. The fourth-order valence-corrected chi connectivity index (χ4v) is 2.31. The van der Waals surface area contributed by atoms with Gasteiger partial charge in [-0.2, -0.15) is 0 Å². The van der Waals surface area contributed by atoms with E-state index in [2.05, 4.69) is 19.2 Å². The molecule has 0 aromatic carbocycles. The van der Waals surface area contributed by atoms with Crippen molar-refractivity contribution >= 4 is 12.0 Å². The first kappa shape index (κ1) is 18.9. The molecule has 0 aliphatic carbocycles. The molecule has 0 saturated heterocycles. The zero-order valence-electron chi connectivity index (χ0n) is 14.6. The minimum Gasteiger partial charge on any atom is -0.350 e. The lowest BCUT2D eigenvalue weighted by molar-refractivity contribution is -0.117. The van der Waals surface area contributed by atoms with Crippen molar-refractivity contribution in [2.24, 2.45) is 20.0 Å². The van der Waals surface area contributed by atoms with E-state index in [0.717, 1.165) is 23.8 Å². The summed E-state index contributed by atoms with van der Waals surface area (Å²) in [5.74, 6) is 0.427. The van der Waals surface area contributed by atoms with Gasteiger partial charge in [-0.3, -0.25) is 14.2 Å². The highest BCUT2D eigenvalue weighted by molar-refractivity contribution is 5.91. The Bertz CT molecular complexity index is 683. The average molecular weight is 321 g/mol. The van der Waals surface area contributed by atoms with E-state index in [1.807, 2.05) is 6.92 Å². The van der Waals surface area contributed by atoms with E-state index >= 15 is 0 Å². The van der Waals surface area contributed by atoms with Crippen molar-refractivity contribution in [1.82, 2.24) is 14.5 Å². The molecule has 128 valence electrons. The van der Waals surface area contributed by atoms with Crippen LogP contribution in [0.2, 0.25) is 0 Å². The summed E-state index contributed by atoms with van der Waals surface area (Å²) in [6.45, 7) is 6.33. The van der Waals surface area contributed by atoms with Gasteiger partial charge in [0, 0.05) is 32.4 Å². The van der Waals surface area contributed by atoms with E-state index in [-0.39, 0.29) is 11.9 Å². The topological polar surface area (TPSA) is 73.1 Å². The lowest BCUT2D eigenvalue weighted by atomic mass is 10.0. The second kappa shape index (κ2) is 8.50. The number of hydrogen-bond acceptors (Lipinski definition) is 3. The third-order valence-electron chi connectivity index (χ3n) is 3.69. The molecule has 1 aromatic heterocycles. The number of carbonyl (C=O) groups excluding carboxylic acids is 1. The molecule has 1 N–H and O–H groups in total. The molecule has 1 unspecified atom stereocenters. The first-order valence-corrected chi connectivity index (χ1v) is 7.97. The maximum atomic E-state index is 11.9. The summed E-state index contributed by atoms with van der Waals surface area (Å²) in [6, 6.07) is 0.0915. The average Bonchev–Trinajstić information content (AvgIpc) is 2.47. The van der Waals surface area contributed by atoms with Crippen LogP contribution in [0, 0.1) is 5.92 Å². The van der Waals surface area contributed by atoms with Gasteiger partial charge >= 0.3 is 5.69 Å². The van der Waals surface area contributed by atoms with Crippen molar-refractivity contribution in [3.05, 3.63) is 38.7 Å². The smallest absolute Gasteiger partial charge is 0.330 e. The van der Waals surface area contributed by atoms with E-state index in [1.54, 1.807) is 7.05 Å². The summed E-state index contributed by atoms with van der Waals surface area (Å²) in [5, 5.41) is 2.88. The van der Waals surface area contributed by atoms with Crippen LogP contribution >= 0.6 is 0 Å². The zero-order valence-corrected chi connectivity index (χ0v) is 14.6. The Morgan fingerprint density at radius 2 is 1.87 bits per heavy atom. The van der Waals surface area contributed by atoms with Crippen molar-refractivity contribution in [3.8, 4) is 0 Å². The van der Waals surface area contributed by atoms with E-state index < -0.39 is 11.2 Å². The minimum absolute atomic E-state index is 0.0915. The summed E-state index contributed by atoms with van der Waals surface area (Å²) in [4.78, 5) is 35.4. The van der Waals surface area contributed by atoms with Gasteiger partial charge in [0.15, 0.2) is 0 Å². The normalized spacial score (nSPS) is 12.8. The van der Waals surface area contributed by atoms with E-state index in [1.165, 1.54) is 30.0 Å². The predicted octanol–water partition coefficient (Wildman–Crippen LogP) is 1.43. The Morgan fingerprint density at radius 1 is 1.22 bits per heavy atom. The first-order valence-electron chi connectivity index (χ1n) is 7.97. The van der Waals surface area contributed by atoms with Crippen molar-refractivity contribution in [3.63, 3.8) is 0 Å².